The summed E-state index contributed by atoms with van der Waals surface area (Å²) in [5.41, 5.74) is 8.53. The van der Waals surface area contributed by atoms with Crippen LogP contribution in [0.3, 0.4) is 0 Å². The van der Waals surface area contributed by atoms with Crippen molar-refractivity contribution in [1.82, 2.24) is 9.88 Å². The summed E-state index contributed by atoms with van der Waals surface area (Å²) in [6.07, 6.45) is 0. The van der Waals surface area contributed by atoms with Crippen LogP contribution in [0.1, 0.15) is 33.1 Å². The van der Waals surface area contributed by atoms with Crippen LogP contribution in [0, 0.1) is 19.8 Å². The Labute approximate surface area is 141 Å². The van der Waals surface area contributed by atoms with Crippen LogP contribution in [0.15, 0.2) is 41.2 Å². The number of carbonyl (C=O) groups is 1. The maximum Gasteiger partial charge on any atom is 0.261 e. The molecule has 1 aliphatic rings. The molecule has 5 nitrogen and oxygen atoms in total. The molecule has 2 atom stereocenters. The van der Waals surface area contributed by atoms with Gasteiger partial charge in [0.05, 0.1) is 0 Å². The largest absolute Gasteiger partial charge is 0.337 e. The Kier molecular flexibility index (Phi) is 4.53. The number of nitrogens with zero attached hydrogens (tertiary/aromatic N) is 1. The standard InChI is InChI=1S/C19H23N3O2/c1-12-8-13(2)21-18(23)17(12)19(24)22-10-15(9-20)16(11-22)14-6-4-3-5-7-14/h3-8,15-16H,9-11,20H2,1-2H3,(H,21,23)/t15-,16+/m1/s1. The second kappa shape index (κ2) is 6.61. The molecule has 1 saturated heterocycles. The zero-order valence-electron chi connectivity index (χ0n) is 14.1. The maximum absolute atomic E-state index is 12.9. The Morgan fingerprint density at radius 3 is 2.58 bits per heavy atom. The number of aromatic nitrogens is 1. The molecule has 1 aliphatic heterocycles. The van der Waals surface area contributed by atoms with E-state index in [2.05, 4.69) is 17.1 Å². The number of rotatable bonds is 3. The fourth-order valence-corrected chi connectivity index (χ4v) is 3.63. The lowest BCUT2D eigenvalue weighted by molar-refractivity contribution is 0.0784. The highest BCUT2D eigenvalue weighted by Gasteiger charge is 2.36. The molecule has 3 N–H and O–H groups in total. The molecule has 2 heterocycles. The molecule has 24 heavy (non-hydrogen) atoms. The van der Waals surface area contributed by atoms with Gasteiger partial charge >= 0.3 is 0 Å². The minimum absolute atomic E-state index is 0.203. The average molecular weight is 325 g/mol. The molecule has 0 saturated carbocycles. The Hall–Kier alpha value is -2.40. The van der Waals surface area contributed by atoms with Gasteiger partial charge in [-0.3, -0.25) is 9.59 Å². The van der Waals surface area contributed by atoms with Gasteiger partial charge in [-0.15, -0.1) is 0 Å². The van der Waals surface area contributed by atoms with Gasteiger partial charge in [0.1, 0.15) is 5.56 Å². The van der Waals surface area contributed by atoms with Crippen LogP contribution >= 0.6 is 0 Å². The van der Waals surface area contributed by atoms with Gasteiger partial charge in [0, 0.05) is 24.7 Å². The lowest BCUT2D eigenvalue weighted by atomic mass is 9.89. The molecule has 1 aromatic heterocycles. The van der Waals surface area contributed by atoms with E-state index in [-0.39, 0.29) is 28.9 Å². The molecule has 126 valence electrons. The minimum Gasteiger partial charge on any atom is -0.337 e. The molecule has 1 fully saturated rings. The third-order valence-electron chi connectivity index (χ3n) is 4.84. The number of hydrogen-bond acceptors (Lipinski definition) is 3. The molecule has 5 heteroatoms. The second-order valence-electron chi connectivity index (χ2n) is 6.56. The zero-order valence-corrected chi connectivity index (χ0v) is 14.1. The predicted octanol–water partition coefficient (Wildman–Crippen LogP) is 1.81. The summed E-state index contributed by atoms with van der Waals surface area (Å²) in [6, 6.07) is 12.0. The van der Waals surface area contributed by atoms with Crippen molar-refractivity contribution in [3.05, 3.63) is 69.1 Å². The molecule has 2 aromatic rings. The molecule has 1 amide bonds. The summed E-state index contributed by atoms with van der Waals surface area (Å²) in [5.74, 6) is 0.219. The molecule has 3 rings (SSSR count). The quantitative estimate of drug-likeness (QED) is 0.903. The van der Waals surface area contributed by atoms with Gasteiger partial charge in [-0.25, -0.2) is 0 Å². The summed E-state index contributed by atoms with van der Waals surface area (Å²) >= 11 is 0. The smallest absolute Gasteiger partial charge is 0.261 e. The summed E-state index contributed by atoms with van der Waals surface area (Å²) in [5, 5.41) is 0. The highest BCUT2D eigenvalue weighted by atomic mass is 16.2. The lowest BCUT2D eigenvalue weighted by Crippen LogP contribution is -2.34. The summed E-state index contributed by atoms with van der Waals surface area (Å²) < 4.78 is 0. The van der Waals surface area contributed by atoms with Gasteiger partial charge in [-0.05, 0) is 43.5 Å². The van der Waals surface area contributed by atoms with Crippen LogP contribution in [0.4, 0.5) is 0 Å². The second-order valence-corrected chi connectivity index (χ2v) is 6.56. The first-order valence-electron chi connectivity index (χ1n) is 8.26. The van der Waals surface area contributed by atoms with E-state index in [4.69, 9.17) is 5.73 Å². The number of pyridine rings is 1. The Bertz CT molecular complexity index is 798. The average Bonchev–Trinajstić information content (AvgIpc) is 2.99. The van der Waals surface area contributed by atoms with Crippen LogP contribution in [-0.4, -0.2) is 35.4 Å². The van der Waals surface area contributed by atoms with Crippen molar-refractivity contribution in [2.24, 2.45) is 11.7 Å². The molecule has 0 spiro atoms. The first kappa shape index (κ1) is 16.5. The van der Waals surface area contributed by atoms with Crippen molar-refractivity contribution in [3.8, 4) is 0 Å². The SMILES string of the molecule is Cc1cc(C)c(C(=O)N2C[C@@H](CN)[C@H](c3ccccc3)C2)c(=O)[nH]1. The number of H-pyrrole nitrogens is 1. The monoisotopic (exact) mass is 325 g/mol. The maximum atomic E-state index is 12.9. The highest BCUT2D eigenvalue weighted by molar-refractivity contribution is 5.95. The van der Waals surface area contributed by atoms with Crippen LogP contribution < -0.4 is 11.3 Å². The van der Waals surface area contributed by atoms with Crippen molar-refractivity contribution in [2.75, 3.05) is 19.6 Å². The number of likely N-dealkylation sites (tertiary alicyclic amines) is 1. The van der Waals surface area contributed by atoms with Crippen molar-refractivity contribution in [2.45, 2.75) is 19.8 Å². The topological polar surface area (TPSA) is 79.2 Å². The molecular weight excluding hydrogens is 302 g/mol. The molecular formula is C19H23N3O2. The van der Waals surface area contributed by atoms with E-state index in [1.54, 1.807) is 11.8 Å². The van der Waals surface area contributed by atoms with E-state index in [0.717, 1.165) is 5.69 Å². The molecule has 1 aromatic carbocycles. The van der Waals surface area contributed by atoms with Gasteiger partial charge in [-0.1, -0.05) is 30.3 Å². The van der Waals surface area contributed by atoms with Gasteiger partial charge in [0.15, 0.2) is 0 Å². The number of aromatic amines is 1. The Morgan fingerprint density at radius 1 is 1.25 bits per heavy atom. The van der Waals surface area contributed by atoms with Crippen LogP contribution in [-0.2, 0) is 0 Å². The number of hydrogen-bond donors (Lipinski definition) is 2. The molecule has 0 bridgehead atoms. The summed E-state index contributed by atoms with van der Waals surface area (Å²) in [4.78, 5) is 29.6. The van der Waals surface area contributed by atoms with E-state index in [1.165, 1.54) is 5.56 Å². The number of amides is 1. The third-order valence-corrected chi connectivity index (χ3v) is 4.84. The predicted molar refractivity (Wildman–Crippen MR) is 94.2 cm³/mol. The zero-order chi connectivity index (χ0) is 17.3. The number of nitrogens with two attached hydrogens (primary N) is 1. The van der Waals surface area contributed by atoms with E-state index in [9.17, 15) is 9.59 Å². The minimum atomic E-state index is -0.315. The van der Waals surface area contributed by atoms with Gasteiger partial charge in [-0.2, -0.15) is 0 Å². The number of nitrogens with one attached hydrogen (secondary N) is 1. The van der Waals surface area contributed by atoms with Gasteiger partial charge in [0.25, 0.3) is 11.5 Å². The van der Waals surface area contributed by atoms with Crippen LogP contribution in [0.2, 0.25) is 0 Å². The fraction of sp³-hybridized carbons (Fsp3) is 0.368. The Balaban J connectivity index is 1.89. The summed E-state index contributed by atoms with van der Waals surface area (Å²) in [7, 11) is 0. The normalized spacial score (nSPS) is 20.4. The van der Waals surface area contributed by atoms with Gasteiger partial charge < -0.3 is 15.6 Å². The number of aryl methyl sites for hydroxylation is 2. The van der Waals surface area contributed by atoms with E-state index < -0.39 is 0 Å². The summed E-state index contributed by atoms with van der Waals surface area (Å²) in [6.45, 7) is 5.32. The lowest BCUT2D eigenvalue weighted by Gasteiger charge is -2.17. The van der Waals surface area contributed by atoms with Crippen molar-refractivity contribution >= 4 is 5.91 Å². The van der Waals surface area contributed by atoms with E-state index in [0.29, 0.717) is 25.2 Å². The third kappa shape index (κ3) is 2.99. The highest BCUT2D eigenvalue weighted by Crippen LogP contribution is 2.32. The van der Waals surface area contributed by atoms with Crippen molar-refractivity contribution < 1.29 is 4.79 Å². The van der Waals surface area contributed by atoms with Crippen molar-refractivity contribution in [3.63, 3.8) is 0 Å². The number of carbonyl (C=O) groups excluding carboxylic acids is 1. The van der Waals surface area contributed by atoms with Gasteiger partial charge in [0.2, 0.25) is 0 Å². The van der Waals surface area contributed by atoms with Crippen LogP contribution in [0.25, 0.3) is 0 Å². The first-order valence-corrected chi connectivity index (χ1v) is 8.26. The van der Waals surface area contributed by atoms with Crippen LogP contribution in [0.5, 0.6) is 0 Å². The molecule has 0 aliphatic carbocycles. The fourth-order valence-electron chi connectivity index (χ4n) is 3.63. The van der Waals surface area contributed by atoms with E-state index >= 15 is 0 Å². The first-order chi connectivity index (χ1) is 11.5. The molecule has 0 radical (unpaired) electrons. The van der Waals surface area contributed by atoms with E-state index in [1.807, 2.05) is 31.2 Å². The number of benzene rings is 1. The molecule has 0 unspecified atom stereocenters. The van der Waals surface area contributed by atoms with Crippen molar-refractivity contribution in [1.29, 1.82) is 0 Å². The Morgan fingerprint density at radius 2 is 1.96 bits per heavy atom.